The summed E-state index contributed by atoms with van der Waals surface area (Å²) in [6.45, 7) is 0. The third-order valence-corrected chi connectivity index (χ3v) is 5.52. The number of carbonyl (C=O) groups excluding carboxylic acids is 1. The van der Waals surface area contributed by atoms with Crippen LogP contribution in [-0.2, 0) is 4.79 Å². The van der Waals surface area contributed by atoms with Gasteiger partial charge in [0.15, 0.2) is 4.32 Å². The smallest absolute Gasteiger partial charge is 0.270 e. The molecule has 0 aromatic heterocycles. The molecule has 3 nitrogen and oxygen atoms in total. The molecule has 1 aliphatic rings. The van der Waals surface area contributed by atoms with E-state index in [1.165, 1.54) is 11.8 Å². The van der Waals surface area contributed by atoms with Gasteiger partial charge in [0, 0.05) is 4.90 Å². The molecule has 1 fully saturated rings. The summed E-state index contributed by atoms with van der Waals surface area (Å²) in [4.78, 5) is 16.1. The summed E-state index contributed by atoms with van der Waals surface area (Å²) < 4.78 is 5.77. The van der Waals surface area contributed by atoms with Crippen molar-refractivity contribution in [3.63, 3.8) is 0 Å². The molecule has 24 heavy (non-hydrogen) atoms. The summed E-state index contributed by atoms with van der Waals surface area (Å²) in [6.07, 6.45) is 3.85. The Morgan fingerprint density at radius 3 is 2.75 bits per heavy atom. The number of rotatable bonds is 4. The maximum Gasteiger partial charge on any atom is 0.270 e. The Labute approximate surface area is 155 Å². The Morgan fingerprint density at radius 2 is 2.00 bits per heavy atom. The van der Waals surface area contributed by atoms with Crippen molar-refractivity contribution >= 4 is 57.7 Å². The van der Waals surface area contributed by atoms with E-state index in [9.17, 15) is 4.79 Å². The summed E-state index contributed by atoms with van der Waals surface area (Å²) in [5.74, 6) is 0.665. The maximum absolute atomic E-state index is 12.8. The van der Waals surface area contributed by atoms with E-state index in [0.29, 0.717) is 9.23 Å². The molecule has 1 aliphatic heterocycles. The Balaban J connectivity index is 1.92. The topological polar surface area (TPSA) is 29.5 Å². The van der Waals surface area contributed by atoms with Crippen LogP contribution in [0.1, 0.15) is 5.56 Å². The lowest BCUT2D eigenvalue weighted by atomic mass is 10.2. The standard InChI is InChI=1S/C18H15NO2S3/c1-21-14-7-3-5-12(9-14)10-16-17(20)19(18(22)24-16)13-6-4-8-15(11-13)23-2/h3-11H,1-2H3/b16-10+. The zero-order valence-electron chi connectivity index (χ0n) is 13.2. The van der Waals surface area contributed by atoms with Gasteiger partial charge in [-0.25, -0.2) is 0 Å². The summed E-state index contributed by atoms with van der Waals surface area (Å²) >= 11 is 8.37. The van der Waals surface area contributed by atoms with Crippen LogP contribution in [0.4, 0.5) is 5.69 Å². The van der Waals surface area contributed by atoms with E-state index in [1.54, 1.807) is 23.8 Å². The largest absolute Gasteiger partial charge is 0.497 e. The normalized spacial score (nSPS) is 16.1. The number of methoxy groups -OCH3 is 1. The van der Waals surface area contributed by atoms with Crippen molar-refractivity contribution in [2.45, 2.75) is 4.90 Å². The third kappa shape index (κ3) is 3.50. The minimum Gasteiger partial charge on any atom is -0.497 e. The number of thioether (sulfide) groups is 2. The molecule has 2 aromatic rings. The highest BCUT2D eigenvalue weighted by Crippen LogP contribution is 2.37. The van der Waals surface area contributed by atoms with Crippen molar-refractivity contribution in [3.05, 3.63) is 59.0 Å². The number of hydrogen-bond acceptors (Lipinski definition) is 5. The average Bonchev–Trinajstić information content (AvgIpc) is 2.88. The summed E-state index contributed by atoms with van der Waals surface area (Å²) in [5.41, 5.74) is 1.71. The fourth-order valence-corrected chi connectivity index (χ4v) is 4.07. The highest BCUT2D eigenvalue weighted by atomic mass is 32.2. The quantitative estimate of drug-likeness (QED) is 0.435. The van der Waals surface area contributed by atoms with Gasteiger partial charge in [0.05, 0.1) is 17.7 Å². The number of ether oxygens (including phenoxy) is 1. The van der Waals surface area contributed by atoms with Crippen LogP contribution in [0.2, 0.25) is 0 Å². The molecule has 0 spiro atoms. The van der Waals surface area contributed by atoms with Gasteiger partial charge in [-0.15, -0.1) is 11.8 Å². The molecule has 0 aliphatic carbocycles. The molecular formula is C18H15NO2S3. The van der Waals surface area contributed by atoms with E-state index >= 15 is 0 Å². The minimum atomic E-state index is -0.0916. The highest BCUT2D eigenvalue weighted by molar-refractivity contribution is 8.27. The van der Waals surface area contributed by atoms with Crippen LogP contribution >= 0.6 is 35.7 Å². The monoisotopic (exact) mass is 373 g/mol. The van der Waals surface area contributed by atoms with Crippen molar-refractivity contribution in [2.24, 2.45) is 0 Å². The third-order valence-electron chi connectivity index (χ3n) is 3.50. The first kappa shape index (κ1) is 17.1. The molecule has 1 amide bonds. The number of thiocarbonyl (C=S) groups is 1. The van der Waals surface area contributed by atoms with Crippen LogP contribution in [0.5, 0.6) is 5.75 Å². The van der Waals surface area contributed by atoms with E-state index in [4.69, 9.17) is 17.0 Å². The molecule has 0 saturated carbocycles. The van der Waals surface area contributed by atoms with E-state index < -0.39 is 0 Å². The SMILES string of the molecule is COc1cccc(/C=C2/SC(=S)N(c3cccc(SC)c3)C2=O)c1. The van der Waals surface area contributed by atoms with Gasteiger partial charge in [0.1, 0.15) is 5.75 Å². The van der Waals surface area contributed by atoms with Gasteiger partial charge in [0.25, 0.3) is 5.91 Å². The van der Waals surface area contributed by atoms with Crippen molar-refractivity contribution in [2.75, 3.05) is 18.3 Å². The van der Waals surface area contributed by atoms with Crippen molar-refractivity contribution < 1.29 is 9.53 Å². The summed E-state index contributed by atoms with van der Waals surface area (Å²) in [7, 11) is 1.62. The zero-order chi connectivity index (χ0) is 17.1. The Bertz CT molecular complexity index is 833. The first-order chi connectivity index (χ1) is 11.6. The van der Waals surface area contributed by atoms with E-state index in [-0.39, 0.29) is 5.91 Å². The molecule has 0 unspecified atom stereocenters. The molecule has 1 heterocycles. The van der Waals surface area contributed by atoms with Crippen molar-refractivity contribution in [1.82, 2.24) is 0 Å². The fraction of sp³-hybridized carbons (Fsp3) is 0.111. The number of benzene rings is 2. The molecule has 0 N–H and O–H groups in total. The molecule has 0 atom stereocenters. The van der Waals surface area contributed by atoms with E-state index in [2.05, 4.69) is 0 Å². The minimum absolute atomic E-state index is 0.0916. The highest BCUT2D eigenvalue weighted by Gasteiger charge is 2.33. The molecule has 0 bridgehead atoms. The lowest BCUT2D eigenvalue weighted by Crippen LogP contribution is -2.27. The molecule has 122 valence electrons. The second kappa shape index (κ2) is 7.42. The Kier molecular flexibility index (Phi) is 5.28. The molecule has 2 aromatic carbocycles. The van der Waals surface area contributed by atoms with E-state index in [0.717, 1.165) is 21.9 Å². The van der Waals surface area contributed by atoms with Crippen LogP contribution in [-0.4, -0.2) is 23.6 Å². The Hall–Kier alpha value is -1.76. The zero-order valence-corrected chi connectivity index (χ0v) is 15.6. The molecule has 0 radical (unpaired) electrons. The van der Waals surface area contributed by atoms with Gasteiger partial charge < -0.3 is 4.74 Å². The first-order valence-electron chi connectivity index (χ1n) is 7.18. The van der Waals surface area contributed by atoms with Gasteiger partial charge in [-0.05, 0) is 48.2 Å². The second-order valence-electron chi connectivity index (χ2n) is 5.00. The predicted molar refractivity (Wildman–Crippen MR) is 107 cm³/mol. The number of amides is 1. The summed E-state index contributed by atoms with van der Waals surface area (Å²) in [6, 6.07) is 15.4. The molecule has 1 saturated heterocycles. The van der Waals surface area contributed by atoms with Gasteiger partial charge in [-0.2, -0.15) is 0 Å². The first-order valence-corrected chi connectivity index (χ1v) is 9.63. The van der Waals surface area contributed by atoms with Crippen molar-refractivity contribution in [3.8, 4) is 5.75 Å². The van der Waals surface area contributed by atoms with Crippen LogP contribution in [0.25, 0.3) is 6.08 Å². The van der Waals surface area contributed by atoms with Crippen LogP contribution < -0.4 is 9.64 Å². The second-order valence-corrected chi connectivity index (χ2v) is 7.55. The number of nitrogens with zero attached hydrogens (tertiary/aromatic N) is 1. The molecular weight excluding hydrogens is 358 g/mol. The predicted octanol–water partition coefficient (Wildman–Crippen LogP) is 4.82. The lowest BCUT2D eigenvalue weighted by Gasteiger charge is -2.15. The van der Waals surface area contributed by atoms with Crippen LogP contribution in [0.3, 0.4) is 0 Å². The van der Waals surface area contributed by atoms with Gasteiger partial charge >= 0.3 is 0 Å². The average molecular weight is 374 g/mol. The lowest BCUT2D eigenvalue weighted by molar-refractivity contribution is -0.113. The molecule has 6 heteroatoms. The Morgan fingerprint density at radius 1 is 1.21 bits per heavy atom. The van der Waals surface area contributed by atoms with Crippen molar-refractivity contribution in [1.29, 1.82) is 0 Å². The fourth-order valence-electron chi connectivity index (χ4n) is 2.32. The van der Waals surface area contributed by atoms with E-state index in [1.807, 2.05) is 60.9 Å². The summed E-state index contributed by atoms with van der Waals surface area (Å²) in [5, 5.41) is 0. The van der Waals surface area contributed by atoms with Crippen LogP contribution in [0, 0.1) is 0 Å². The maximum atomic E-state index is 12.8. The number of carbonyl (C=O) groups is 1. The van der Waals surface area contributed by atoms with Crippen LogP contribution in [0.15, 0.2) is 58.3 Å². The van der Waals surface area contributed by atoms with Gasteiger partial charge in [0.2, 0.25) is 0 Å². The molecule has 3 rings (SSSR count). The number of hydrogen-bond donors (Lipinski definition) is 0. The van der Waals surface area contributed by atoms with Gasteiger partial charge in [-0.3, -0.25) is 9.69 Å². The number of anilines is 1. The van der Waals surface area contributed by atoms with Gasteiger partial charge in [-0.1, -0.05) is 42.2 Å².